The number of thiophene rings is 1. The highest BCUT2D eigenvalue weighted by molar-refractivity contribution is 7.21. The first-order valence-electron chi connectivity index (χ1n) is 10.3. The van der Waals surface area contributed by atoms with Crippen LogP contribution < -0.4 is 5.32 Å². The number of hydrogen-bond acceptors (Lipinski definition) is 5. The van der Waals surface area contributed by atoms with Crippen LogP contribution in [0.4, 0.5) is 0 Å². The minimum atomic E-state index is -0.128. The molecule has 32 heavy (non-hydrogen) atoms. The van der Waals surface area contributed by atoms with Crippen molar-refractivity contribution in [1.29, 1.82) is 0 Å². The minimum absolute atomic E-state index is 0.128. The molecule has 0 radical (unpaired) electrons. The summed E-state index contributed by atoms with van der Waals surface area (Å²) in [6.45, 7) is 4.42. The van der Waals surface area contributed by atoms with Crippen LogP contribution in [0.5, 0.6) is 0 Å². The van der Waals surface area contributed by atoms with Crippen molar-refractivity contribution < 1.29 is 4.79 Å². The lowest BCUT2D eigenvalue weighted by molar-refractivity contribution is 0.0955. The van der Waals surface area contributed by atoms with E-state index in [1.165, 1.54) is 11.3 Å². The summed E-state index contributed by atoms with van der Waals surface area (Å²) in [6, 6.07) is 11.9. The van der Waals surface area contributed by atoms with Crippen LogP contribution in [0.1, 0.15) is 26.5 Å². The quantitative estimate of drug-likeness (QED) is 0.437. The van der Waals surface area contributed by atoms with E-state index in [0.29, 0.717) is 11.4 Å². The van der Waals surface area contributed by atoms with Gasteiger partial charge in [0.05, 0.1) is 18.1 Å². The van der Waals surface area contributed by atoms with Crippen LogP contribution >= 0.6 is 11.3 Å². The molecule has 160 valence electrons. The molecule has 0 saturated carbocycles. The molecule has 5 aromatic rings. The molecule has 0 aliphatic rings. The molecule has 1 aromatic carbocycles. The van der Waals surface area contributed by atoms with E-state index in [2.05, 4.69) is 33.5 Å². The lowest BCUT2D eigenvalue weighted by Gasteiger charge is -2.06. The Bertz CT molecular complexity index is 1430. The number of aryl methyl sites for hydroxylation is 3. The number of nitrogens with one attached hydrogen (secondary N) is 1. The van der Waals surface area contributed by atoms with Crippen molar-refractivity contribution in [2.75, 3.05) is 0 Å². The maximum atomic E-state index is 13.3. The van der Waals surface area contributed by atoms with Crippen molar-refractivity contribution >= 4 is 27.5 Å². The second kappa shape index (κ2) is 8.05. The van der Waals surface area contributed by atoms with Gasteiger partial charge < -0.3 is 5.32 Å². The Labute approximate surface area is 189 Å². The van der Waals surface area contributed by atoms with Crippen molar-refractivity contribution in [2.45, 2.75) is 20.4 Å². The normalized spacial score (nSPS) is 11.2. The molecule has 4 aromatic heterocycles. The van der Waals surface area contributed by atoms with Gasteiger partial charge in [-0.3, -0.25) is 9.48 Å². The average Bonchev–Trinajstić information content (AvgIpc) is 3.50. The molecular formula is C24H22N6OS. The Morgan fingerprint density at radius 3 is 2.66 bits per heavy atom. The van der Waals surface area contributed by atoms with Gasteiger partial charge in [-0.25, -0.2) is 9.67 Å². The molecule has 1 N–H and O–H groups in total. The molecular weight excluding hydrogens is 420 g/mol. The standard InChI is InChI=1S/C24H22N6OS/c1-15-9-16(2)28-24-20(15)21(18-12-26-29(3)14-18)22(32-24)23(31)25-10-17-11-27-30(13-17)19-7-5-4-6-8-19/h4-9,11-14H,10H2,1-3H3,(H,25,31). The van der Waals surface area contributed by atoms with E-state index in [4.69, 9.17) is 0 Å². The predicted molar refractivity (Wildman–Crippen MR) is 126 cm³/mol. The fourth-order valence-corrected chi connectivity index (χ4v) is 5.10. The predicted octanol–water partition coefficient (Wildman–Crippen LogP) is 4.43. The molecule has 0 aliphatic carbocycles. The summed E-state index contributed by atoms with van der Waals surface area (Å²) < 4.78 is 3.55. The van der Waals surface area contributed by atoms with Gasteiger partial charge in [0.2, 0.25) is 0 Å². The smallest absolute Gasteiger partial charge is 0.262 e. The second-order valence-electron chi connectivity index (χ2n) is 7.78. The Morgan fingerprint density at radius 2 is 1.91 bits per heavy atom. The van der Waals surface area contributed by atoms with Gasteiger partial charge >= 0.3 is 0 Å². The third-order valence-corrected chi connectivity index (χ3v) is 6.38. The van der Waals surface area contributed by atoms with Gasteiger partial charge in [0.25, 0.3) is 5.91 Å². The highest BCUT2D eigenvalue weighted by atomic mass is 32.1. The highest BCUT2D eigenvalue weighted by Gasteiger charge is 2.23. The zero-order chi connectivity index (χ0) is 22.2. The highest BCUT2D eigenvalue weighted by Crippen LogP contribution is 2.39. The van der Waals surface area contributed by atoms with Gasteiger partial charge in [-0.2, -0.15) is 10.2 Å². The van der Waals surface area contributed by atoms with Gasteiger partial charge in [-0.15, -0.1) is 11.3 Å². The number of pyridine rings is 1. The summed E-state index contributed by atoms with van der Waals surface area (Å²) in [7, 11) is 1.87. The summed E-state index contributed by atoms with van der Waals surface area (Å²) in [5, 5.41) is 12.8. The van der Waals surface area contributed by atoms with Crippen LogP contribution in [-0.2, 0) is 13.6 Å². The molecule has 0 aliphatic heterocycles. The monoisotopic (exact) mass is 442 g/mol. The van der Waals surface area contributed by atoms with E-state index in [9.17, 15) is 4.79 Å². The number of benzene rings is 1. The Hall–Kier alpha value is -3.78. The zero-order valence-electron chi connectivity index (χ0n) is 18.0. The first-order chi connectivity index (χ1) is 15.5. The number of para-hydroxylation sites is 1. The third kappa shape index (κ3) is 3.69. The van der Waals surface area contributed by atoms with Crippen LogP contribution in [-0.4, -0.2) is 30.5 Å². The number of fused-ring (bicyclic) bond motifs is 1. The zero-order valence-corrected chi connectivity index (χ0v) is 18.8. The molecule has 0 saturated heterocycles. The fourth-order valence-electron chi connectivity index (χ4n) is 3.86. The van der Waals surface area contributed by atoms with Gasteiger partial charge in [0.15, 0.2) is 0 Å². The molecule has 8 heteroatoms. The maximum absolute atomic E-state index is 13.3. The lowest BCUT2D eigenvalue weighted by Crippen LogP contribution is -2.22. The molecule has 5 rings (SSSR count). The van der Waals surface area contributed by atoms with Crippen molar-refractivity contribution in [3.63, 3.8) is 0 Å². The number of rotatable bonds is 5. The second-order valence-corrected chi connectivity index (χ2v) is 8.78. The molecule has 1 amide bonds. The Balaban J connectivity index is 1.46. The van der Waals surface area contributed by atoms with Gasteiger partial charge in [-0.05, 0) is 37.6 Å². The number of carbonyl (C=O) groups is 1. The molecule has 0 spiro atoms. The van der Waals surface area contributed by atoms with Crippen molar-refractivity contribution in [1.82, 2.24) is 29.9 Å². The van der Waals surface area contributed by atoms with Crippen molar-refractivity contribution in [3.05, 3.63) is 82.9 Å². The molecule has 0 atom stereocenters. The van der Waals surface area contributed by atoms with Gasteiger partial charge in [-0.1, -0.05) is 18.2 Å². The third-order valence-electron chi connectivity index (χ3n) is 5.30. The molecule has 0 unspecified atom stereocenters. The summed E-state index contributed by atoms with van der Waals surface area (Å²) in [5.41, 5.74) is 5.75. The first-order valence-corrected chi connectivity index (χ1v) is 11.1. The molecule has 4 heterocycles. The summed E-state index contributed by atoms with van der Waals surface area (Å²) in [5.74, 6) is -0.128. The van der Waals surface area contributed by atoms with E-state index in [-0.39, 0.29) is 5.91 Å². The maximum Gasteiger partial charge on any atom is 0.262 e. The number of amides is 1. The minimum Gasteiger partial charge on any atom is -0.347 e. The van der Waals surface area contributed by atoms with E-state index in [0.717, 1.165) is 43.9 Å². The number of hydrogen-bond donors (Lipinski definition) is 1. The largest absolute Gasteiger partial charge is 0.347 e. The Kier molecular flexibility index (Phi) is 5.07. The fraction of sp³-hybridized carbons (Fsp3) is 0.167. The SMILES string of the molecule is Cc1cc(C)c2c(-c3cnn(C)c3)c(C(=O)NCc3cnn(-c4ccccc4)c3)sc2n1. The van der Waals surface area contributed by atoms with Crippen LogP contribution in [0, 0.1) is 13.8 Å². The van der Waals surface area contributed by atoms with Crippen LogP contribution in [0.2, 0.25) is 0 Å². The topological polar surface area (TPSA) is 77.6 Å². The van der Waals surface area contributed by atoms with E-state index in [1.54, 1.807) is 21.8 Å². The van der Waals surface area contributed by atoms with Gasteiger partial charge in [0.1, 0.15) is 9.71 Å². The summed E-state index contributed by atoms with van der Waals surface area (Å²) in [4.78, 5) is 19.5. The Morgan fingerprint density at radius 1 is 1.09 bits per heavy atom. The van der Waals surface area contributed by atoms with Crippen molar-refractivity contribution in [3.8, 4) is 16.8 Å². The van der Waals surface area contributed by atoms with Crippen LogP contribution in [0.3, 0.4) is 0 Å². The van der Waals surface area contributed by atoms with E-state index < -0.39 is 0 Å². The number of nitrogens with zero attached hydrogens (tertiary/aromatic N) is 5. The molecule has 7 nitrogen and oxygen atoms in total. The average molecular weight is 443 g/mol. The molecule has 0 bridgehead atoms. The number of aromatic nitrogens is 5. The first kappa shape index (κ1) is 20.1. The van der Waals surface area contributed by atoms with E-state index >= 15 is 0 Å². The lowest BCUT2D eigenvalue weighted by atomic mass is 10.0. The van der Waals surface area contributed by atoms with Crippen LogP contribution in [0.25, 0.3) is 27.0 Å². The molecule has 0 fully saturated rings. The number of carbonyl (C=O) groups excluding carboxylic acids is 1. The van der Waals surface area contributed by atoms with Crippen molar-refractivity contribution in [2.24, 2.45) is 7.05 Å². The van der Waals surface area contributed by atoms with Gasteiger partial charge in [0, 0.05) is 53.8 Å². The van der Waals surface area contributed by atoms with E-state index in [1.807, 2.05) is 56.7 Å². The summed E-state index contributed by atoms with van der Waals surface area (Å²) in [6.07, 6.45) is 7.43. The summed E-state index contributed by atoms with van der Waals surface area (Å²) >= 11 is 1.42. The van der Waals surface area contributed by atoms with Crippen LogP contribution in [0.15, 0.2) is 61.2 Å².